The summed E-state index contributed by atoms with van der Waals surface area (Å²) in [5.41, 5.74) is -0.473. The lowest BCUT2D eigenvalue weighted by atomic mass is 10.1. The van der Waals surface area contributed by atoms with Gasteiger partial charge in [-0.3, -0.25) is 9.48 Å². The minimum atomic E-state index is -4.59. The van der Waals surface area contributed by atoms with E-state index >= 15 is 0 Å². The van der Waals surface area contributed by atoms with E-state index < -0.39 is 35.6 Å². The van der Waals surface area contributed by atoms with E-state index in [2.05, 4.69) is 10.4 Å². The molecule has 12 heteroatoms. The van der Waals surface area contributed by atoms with Gasteiger partial charge in [-0.05, 0) is 32.4 Å². The van der Waals surface area contributed by atoms with Gasteiger partial charge in [-0.1, -0.05) is 6.92 Å². The number of nitrogens with zero attached hydrogens (tertiary/aromatic N) is 2. The number of carbonyl (C=O) groups is 3. The highest BCUT2D eigenvalue weighted by Crippen LogP contribution is 2.34. The van der Waals surface area contributed by atoms with Crippen molar-refractivity contribution in [3.63, 3.8) is 0 Å². The fourth-order valence-electron chi connectivity index (χ4n) is 2.75. The molecule has 2 aromatic rings. The Morgan fingerprint density at radius 3 is 2.42 bits per heavy atom. The first kappa shape index (κ1) is 24.4. The van der Waals surface area contributed by atoms with E-state index in [1.165, 1.54) is 20.8 Å². The third-order valence-electron chi connectivity index (χ3n) is 4.40. The maximum Gasteiger partial charge on any atom is 0.435 e. The number of ether oxygens (including phenoxy) is 2. The topological polar surface area (TPSA) is 99.5 Å². The molecule has 0 bridgehead atoms. The monoisotopic (exact) mass is 461 g/mol. The number of carbonyl (C=O) groups excluding carboxylic acids is 3. The molecule has 1 unspecified atom stereocenters. The largest absolute Gasteiger partial charge is 0.465 e. The number of thiophene rings is 1. The Balaban J connectivity index is 2.26. The predicted molar refractivity (Wildman–Crippen MR) is 106 cm³/mol. The average Bonchev–Trinajstić information content (AvgIpc) is 3.21. The summed E-state index contributed by atoms with van der Waals surface area (Å²) < 4.78 is 49.3. The summed E-state index contributed by atoms with van der Waals surface area (Å²) in [4.78, 5) is 37.2. The molecule has 8 nitrogen and oxygen atoms in total. The molecular formula is C19H22F3N3O5S. The van der Waals surface area contributed by atoms with Crippen LogP contribution in [0.25, 0.3) is 0 Å². The van der Waals surface area contributed by atoms with Gasteiger partial charge in [0.2, 0.25) is 5.91 Å². The zero-order valence-electron chi connectivity index (χ0n) is 17.5. The van der Waals surface area contributed by atoms with E-state index in [9.17, 15) is 27.6 Å². The van der Waals surface area contributed by atoms with Gasteiger partial charge in [-0.15, -0.1) is 11.3 Å². The molecule has 0 aromatic carbocycles. The van der Waals surface area contributed by atoms with Crippen molar-refractivity contribution in [2.24, 2.45) is 5.92 Å². The second-order valence-corrected chi connectivity index (χ2v) is 7.73. The number of esters is 2. The normalized spacial score (nSPS) is 12.4. The number of aryl methyl sites for hydroxylation is 1. The minimum Gasteiger partial charge on any atom is -0.465 e. The third kappa shape index (κ3) is 5.43. The maximum atomic E-state index is 12.8. The summed E-state index contributed by atoms with van der Waals surface area (Å²) in [6, 6.07) is 0.897. The van der Waals surface area contributed by atoms with Crippen molar-refractivity contribution in [1.29, 1.82) is 0 Å². The van der Waals surface area contributed by atoms with Crippen molar-refractivity contribution >= 4 is 34.2 Å². The van der Waals surface area contributed by atoms with Crippen molar-refractivity contribution in [1.82, 2.24) is 9.78 Å². The van der Waals surface area contributed by atoms with Gasteiger partial charge in [0.05, 0.1) is 31.7 Å². The number of halogens is 3. The van der Waals surface area contributed by atoms with Gasteiger partial charge < -0.3 is 14.8 Å². The molecule has 0 radical (unpaired) electrons. The van der Waals surface area contributed by atoms with Crippen LogP contribution in [-0.2, 0) is 27.0 Å². The summed E-state index contributed by atoms with van der Waals surface area (Å²) in [7, 11) is 1.16. The molecule has 1 atom stereocenters. The number of hydrogen-bond acceptors (Lipinski definition) is 7. The molecule has 1 N–H and O–H groups in total. The molecule has 2 aromatic heterocycles. The Bertz CT molecular complexity index is 997. The lowest BCUT2D eigenvalue weighted by Gasteiger charge is -2.13. The average molecular weight is 461 g/mol. The molecule has 0 saturated heterocycles. The molecule has 0 aliphatic rings. The van der Waals surface area contributed by atoms with Crippen molar-refractivity contribution in [3.8, 4) is 0 Å². The van der Waals surface area contributed by atoms with Crippen LogP contribution in [0.3, 0.4) is 0 Å². The van der Waals surface area contributed by atoms with Gasteiger partial charge in [0.25, 0.3) is 0 Å². The van der Waals surface area contributed by atoms with E-state index in [1.54, 1.807) is 6.92 Å². The van der Waals surface area contributed by atoms with Crippen LogP contribution in [0.1, 0.15) is 50.8 Å². The molecule has 2 rings (SSSR count). The van der Waals surface area contributed by atoms with Crippen molar-refractivity contribution < 1.29 is 37.0 Å². The van der Waals surface area contributed by atoms with Crippen molar-refractivity contribution in [2.45, 2.75) is 40.4 Å². The first-order chi connectivity index (χ1) is 14.4. The number of aromatic nitrogens is 2. The molecule has 1 amide bonds. The lowest BCUT2D eigenvalue weighted by Crippen LogP contribution is -2.26. The van der Waals surface area contributed by atoms with E-state index in [-0.39, 0.29) is 34.3 Å². The van der Waals surface area contributed by atoms with Gasteiger partial charge in [-0.25, -0.2) is 9.59 Å². The number of amides is 1. The molecular weight excluding hydrogens is 439 g/mol. The van der Waals surface area contributed by atoms with Crippen molar-refractivity contribution in [3.05, 3.63) is 33.5 Å². The van der Waals surface area contributed by atoms with E-state index in [0.29, 0.717) is 5.56 Å². The quantitative estimate of drug-likeness (QED) is 0.630. The first-order valence-corrected chi connectivity index (χ1v) is 10.0. The summed E-state index contributed by atoms with van der Waals surface area (Å²) in [6.07, 6.45) is -4.59. The molecule has 0 saturated carbocycles. The van der Waals surface area contributed by atoms with Crippen LogP contribution in [-0.4, -0.2) is 41.3 Å². The number of methoxy groups -OCH3 is 1. The van der Waals surface area contributed by atoms with Crippen LogP contribution in [0.4, 0.5) is 18.2 Å². The Morgan fingerprint density at radius 2 is 1.90 bits per heavy atom. The highest BCUT2D eigenvalue weighted by molar-refractivity contribution is 7.18. The number of anilines is 1. The fourth-order valence-corrected chi connectivity index (χ4v) is 3.84. The predicted octanol–water partition coefficient (Wildman–Crippen LogP) is 3.82. The van der Waals surface area contributed by atoms with Gasteiger partial charge in [0.1, 0.15) is 9.88 Å². The molecule has 0 fully saturated rings. The standard InChI is InChI=1S/C19H22F3N3O5S/c1-6-30-18(28)14-11(4)13(17(27)29-5)16(31-14)23-15(26)9(2)8-25-10(3)7-12(24-25)19(20,21)22/h7,9H,6,8H2,1-5H3,(H,23,26). The lowest BCUT2D eigenvalue weighted by molar-refractivity contribution is -0.141. The highest BCUT2D eigenvalue weighted by Gasteiger charge is 2.35. The fraction of sp³-hybridized carbons (Fsp3) is 0.474. The van der Waals surface area contributed by atoms with Crippen LogP contribution in [0.15, 0.2) is 6.07 Å². The zero-order valence-corrected chi connectivity index (χ0v) is 18.4. The highest BCUT2D eigenvalue weighted by atomic mass is 32.1. The number of hydrogen-bond donors (Lipinski definition) is 1. The van der Waals surface area contributed by atoms with Crippen LogP contribution in [0, 0.1) is 19.8 Å². The van der Waals surface area contributed by atoms with Crippen LogP contribution < -0.4 is 5.32 Å². The minimum absolute atomic E-state index is 0.0192. The molecule has 170 valence electrons. The number of alkyl halides is 3. The first-order valence-electron chi connectivity index (χ1n) is 9.21. The summed E-state index contributed by atoms with van der Waals surface area (Å²) >= 11 is 0.862. The third-order valence-corrected chi connectivity index (χ3v) is 5.59. The Labute approximate surface area is 180 Å². The van der Waals surface area contributed by atoms with Crippen LogP contribution in [0.2, 0.25) is 0 Å². The van der Waals surface area contributed by atoms with Crippen molar-refractivity contribution in [2.75, 3.05) is 19.0 Å². The van der Waals surface area contributed by atoms with Crippen LogP contribution >= 0.6 is 11.3 Å². The van der Waals surface area contributed by atoms with E-state index in [0.717, 1.165) is 29.2 Å². The summed E-state index contributed by atoms with van der Waals surface area (Å²) in [5, 5.41) is 6.17. The van der Waals surface area contributed by atoms with Crippen LogP contribution in [0.5, 0.6) is 0 Å². The summed E-state index contributed by atoms with van der Waals surface area (Å²) in [5.74, 6) is -2.75. The molecule has 2 heterocycles. The van der Waals surface area contributed by atoms with Gasteiger partial charge in [0.15, 0.2) is 5.69 Å². The second-order valence-electron chi connectivity index (χ2n) is 6.71. The second kappa shape index (κ2) is 9.50. The number of nitrogens with one attached hydrogen (secondary N) is 1. The maximum absolute atomic E-state index is 12.8. The smallest absolute Gasteiger partial charge is 0.435 e. The molecule has 0 aliphatic heterocycles. The van der Waals surface area contributed by atoms with E-state index in [4.69, 9.17) is 9.47 Å². The Kier molecular flexibility index (Phi) is 7.47. The number of rotatable bonds is 7. The van der Waals surface area contributed by atoms with Gasteiger partial charge in [0, 0.05) is 5.69 Å². The Hall–Kier alpha value is -2.89. The molecule has 0 aliphatic carbocycles. The zero-order chi connectivity index (χ0) is 23.5. The van der Waals surface area contributed by atoms with Gasteiger partial charge >= 0.3 is 18.1 Å². The molecule has 31 heavy (non-hydrogen) atoms. The summed E-state index contributed by atoms with van der Waals surface area (Å²) in [6.45, 7) is 6.14. The molecule has 0 spiro atoms. The SMILES string of the molecule is CCOC(=O)c1sc(NC(=O)C(C)Cn2nc(C(F)(F)F)cc2C)c(C(=O)OC)c1C. The Morgan fingerprint density at radius 1 is 1.26 bits per heavy atom. The van der Waals surface area contributed by atoms with Gasteiger partial charge in [-0.2, -0.15) is 18.3 Å². The van der Waals surface area contributed by atoms with E-state index in [1.807, 2.05) is 0 Å².